The number of nitrogens with zero attached hydrogens (tertiary/aromatic N) is 1. The first-order chi connectivity index (χ1) is 15.1. The number of benzene rings is 2. The van der Waals surface area contributed by atoms with Gasteiger partial charge >= 0.3 is 0 Å². The lowest BCUT2D eigenvalue weighted by molar-refractivity contribution is -0.140. The van der Waals surface area contributed by atoms with Gasteiger partial charge in [0.05, 0.1) is 5.41 Å². The highest BCUT2D eigenvalue weighted by molar-refractivity contribution is 5.96. The van der Waals surface area contributed by atoms with Gasteiger partial charge in [-0.05, 0) is 98.1 Å². The molecule has 1 heterocycles. The zero-order valence-corrected chi connectivity index (χ0v) is 18.0. The fourth-order valence-electron chi connectivity index (χ4n) is 7.22. The Kier molecular flexibility index (Phi) is 4.45. The van der Waals surface area contributed by atoms with Gasteiger partial charge in [0.1, 0.15) is 0 Å². The molecule has 7 rings (SSSR count). The Hall–Kier alpha value is -2.62. The molecule has 0 aromatic heterocycles. The second kappa shape index (κ2) is 7.22. The lowest BCUT2D eigenvalue weighted by Crippen LogP contribution is -2.51. The van der Waals surface area contributed by atoms with Gasteiger partial charge < -0.3 is 10.2 Å². The zero-order chi connectivity index (χ0) is 21.0. The molecule has 0 unspecified atom stereocenters. The summed E-state index contributed by atoms with van der Waals surface area (Å²) < 4.78 is 0. The van der Waals surface area contributed by atoms with Crippen molar-refractivity contribution in [3.63, 3.8) is 0 Å². The Labute approximate surface area is 184 Å². The van der Waals surface area contributed by atoms with Crippen LogP contribution in [0.4, 0.5) is 5.69 Å². The van der Waals surface area contributed by atoms with Crippen LogP contribution in [-0.4, -0.2) is 23.3 Å². The number of carbonyl (C=O) groups is 2. The largest absolute Gasteiger partial charge is 0.334 e. The van der Waals surface area contributed by atoms with Crippen molar-refractivity contribution < 1.29 is 9.59 Å². The number of hydrogen-bond acceptors (Lipinski definition) is 2. The Morgan fingerprint density at radius 1 is 0.871 bits per heavy atom. The monoisotopic (exact) mass is 414 g/mol. The van der Waals surface area contributed by atoms with Gasteiger partial charge in [-0.25, -0.2) is 0 Å². The third kappa shape index (κ3) is 3.37. The van der Waals surface area contributed by atoms with Crippen LogP contribution in [0.15, 0.2) is 48.5 Å². The molecule has 4 nitrogen and oxygen atoms in total. The molecule has 4 bridgehead atoms. The fraction of sp³-hybridized carbons (Fsp3) is 0.481. The summed E-state index contributed by atoms with van der Waals surface area (Å²) in [5.74, 6) is 2.60. The summed E-state index contributed by atoms with van der Waals surface area (Å²) in [4.78, 5) is 28.2. The summed E-state index contributed by atoms with van der Waals surface area (Å²) >= 11 is 0. The standard InChI is InChI=1S/C27H30N2O2/c30-25(22-4-2-1-3-5-22)29-9-8-21-6-7-24(13-23(21)17-29)28-26(31)27-14-18-10-19(15-27)12-20(11-18)16-27/h1-7,13,18-20H,8-12,14-17H2,(H,28,31). The lowest BCUT2D eigenvalue weighted by Gasteiger charge is -2.55. The van der Waals surface area contributed by atoms with Gasteiger partial charge in [0, 0.05) is 24.3 Å². The molecule has 0 radical (unpaired) electrons. The minimum absolute atomic E-state index is 0.0780. The normalized spacial score (nSPS) is 30.7. The summed E-state index contributed by atoms with van der Waals surface area (Å²) in [6.45, 7) is 1.34. The third-order valence-corrected chi connectivity index (χ3v) is 8.30. The van der Waals surface area contributed by atoms with E-state index >= 15 is 0 Å². The number of hydrogen-bond donors (Lipinski definition) is 1. The molecule has 4 fully saturated rings. The molecule has 5 aliphatic rings. The molecule has 4 heteroatoms. The number of anilines is 1. The van der Waals surface area contributed by atoms with Crippen LogP contribution in [-0.2, 0) is 17.8 Å². The molecule has 31 heavy (non-hydrogen) atoms. The van der Waals surface area contributed by atoms with Crippen LogP contribution in [0.25, 0.3) is 0 Å². The highest BCUT2D eigenvalue weighted by atomic mass is 16.2. The molecule has 2 amide bonds. The minimum atomic E-state index is -0.139. The zero-order valence-electron chi connectivity index (χ0n) is 18.0. The van der Waals surface area contributed by atoms with Crippen LogP contribution in [0.3, 0.4) is 0 Å². The second-order valence-corrected chi connectivity index (χ2v) is 10.5. The number of rotatable bonds is 3. The topological polar surface area (TPSA) is 49.4 Å². The van der Waals surface area contributed by atoms with Gasteiger partial charge in [-0.1, -0.05) is 24.3 Å². The molecule has 160 valence electrons. The van der Waals surface area contributed by atoms with E-state index in [9.17, 15) is 9.59 Å². The van der Waals surface area contributed by atoms with Crippen LogP contribution in [0.1, 0.15) is 60.0 Å². The van der Waals surface area contributed by atoms with Gasteiger partial charge in [-0.3, -0.25) is 9.59 Å². The van der Waals surface area contributed by atoms with Crippen LogP contribution in [0, 0.1) is 23.2 Å². The van der Waals surface area contributed by atoms with Crippen LogP contribution in [0.5, 0.6) is 0 Å². The van der Waals surface area contributed by atoms with E-state index in [-0.39, 0.29) is 17.2 Å². The number of fused-ring (bicyclic) bond motifs is 1. The Bertz CT molecular complexity index is 994. The second-order valence-electron chi connectivity index (χ2n) is 10.5. The predicted molar refractivity (Wildman–Crippen MR) is 121 cm³/mol. The van der Waals surface area contributed by atoms with Crippen LogP contribution < -0.4 is 5.32 Å². The molecule has 2 aromatic rings. The minimum Gasteiger partial charge on any atom is -0.334 e. The molecule has 0 spiro atoms. The van der Waals surface area contributed by atoms with E-state index in [2.05, 4.69) is 17.4 Å². The van der Waals surface area contributed by atoms with E-state index in [1.54, 1.807) is 0 Å². The van der Waals surface area contributed by atoms with Crippen molar-refractivity contribution in [2.24, 2.45) is 23.2 Å². The number of amides is 2. The fourth-order valence-corrected chi connectivity index (χ4v) is 7.22. The highest BCUT2D eigenvalue weighted by Gasteiger charge is 2.54. The molecule has 0 atom stereocenters. The average molecular weight is 415 g/mol. The summed E-state index contributed by atoms with van der Waals surface area (Å²) in [7, 11) is 0. The molecule has 4 saturated carbocycles. The highest BCUT2D eigenvalue weighted by Crippen LogP contribution is 2.60. The maximum Gasteiger partial charge on any atom is 0.254 e. The lowest BCUT2D eigenvalue weighted by atomic mass is 9.49. The first-order valence-electron chi connectivity index (χ1n) is 11.9. The predicted octanol–water partition coefficient (Wildman–Crippen LogP) is 5.04. The van der Waals surface area contributed by atoms with E-state index in [0.29, 0.717) is 6.54 Å². The molecule has 2 aromatic carbocycles. The van der Waals surface area contributed by atoms with Gasteiger partial charge in [-0.15, -0.1) is 0 Å². The Morgan fingerprint density at radius 2 is 1.55 bits per heavy atom. The summed E-state index contributed by atoms with van der Waals surface area (Å²) in [5.41, 5.74) is 3.91. The molecular weight excluding hydrogens is 384 g/mol. The van der Waals surface area contributed by atoms with Gasteiger partial charge in [0.15, 0.2) is 0 Å². The van der Waals surface area contributed by atoms with Crippen molar-refractivity contribution in [1.82, 2.24) is 4.90 Å². The first-order valence-corrected chi connectivity index (χ1v) is 11.9. The van der Waals surface area contributed by atoms with E-state index in [1.807, 2.05) is 41.3 Å². The maximum absolute atomic E-state index is 13.4. The van der Waals surface area contributed by atoms with E-state index in [1.165, 1.54) is 24.8 Å². The van der Waals surface area contributed by atoms with Crippen LogP contribution >= 0.6 is 0 Å². The van der Waals surface area contributed by atoms with E-state index in [0.717, 1.165) is 66.8 Å². The van der Waals surface area contributed by atoms with Gasteiger partial charge in [0.25, 0.3) is 5.91 Å². The van der Waals surface area contributed by atoms with Crippen molar-refractivity contribution >= 4 is 17.5 Å². The van der Waals surface area contributed by atoms with Crippen molar-refractivity contribution in [3.8, 4) is 0 Å². The Morgan fingerprint density at radius 3 is 2.23 bits per heavy atom. The Balaban J connectivity index is 1.19. The van der Waals surface area contributed by atoms with Crippen molar-refractivity contribution in [3.05, 3.63) is 65.2 Å². The van der Waals surface area contributed by atoms with E-state index < -0.39 is 0 Å². The van der Waals surface area contributed by atoms with Gasteiger partial charge in [-0.2, -0.15) is 0 Å². The van der Waals surface area contributed by atoms with Gasteiger partial charge in [0.2, 0.25) is 5.91 Å². The first kappa shape index (κ1) is 19.1. The van der Waals surface area contributed by atoms with Crippen molar-refractivity contribution in [2.75, 3.05) is 11.9 Å². The quantitative estimate of drug-likeness (QED) is 0.765. The van der Waals surface area contributed by atoms with Crippen LogP contribution in [0.2, 0.25) is 0 Å². The number of nitrogens with one attached hydrogen (secondary N) is 1. The van der Waals surface area contributed by atoms with E-state index in [4.69, 9.17) is 0 Å². The average Bonchev–Trinajstić information content (AvgIpc) is 2.78. The molecule has 0 saturated heterocycles. The SMILES string of the molecule is O=C(c1ccccc1)N1CCc2ccc(NC(=O)C34CC5CC(CC(C5)C3)C4)cc2C1. The molecule has 4 aliphatic carbocycles. The third-order valence-electron chi connectivity index (χ3n) is 8.30. The summed E-state index contributed by atoms with van der Waals surface area (Å²) in [6.07, 6.45) is 8.13. The maximum atomic E-state index is 13.4. The van der Waals surface area contributed by atoms with Crippen molar-refractivity contribution in [2.45, 2.75) is 51.5 Å². The molecule has 1 N–H and O–H groups in total. The summed E-state index contributed by atoms with van der Waals surface area (Å²) in [5, 5.41) is 3.28. The number of carbonyl (C=O) groups excluding carboxylic acids is 2. The smallest absolute Gasteiger partial charge is 0.254 e. The van der Waals surface area contributed by atoms with Crippen molar-refractivity contribution in [1.29, 1.82) is 0 Å². The molecular formula is C27H30N2O2. The summed E-state index contributed by atoms with van der Waals surface area (Å²) in [6, 6.07) is 15.8. The molecule has 1 aliphatic heterocycles.